The number of imidazole rings is 1. The third-order valence-corrected chi connectivity index (χ3v) is 7.51. The smallest absolute Gasteiger partial charge is 0.227 e. The molecule has 1 atom stereocenters. The predicted molar refractivity (Wildman–Crippen MR) is 138 cm³/mol. The van der Waals surface area contributed by atoms with E-state index in [0.717, 1.165) is 80.7 Å². The number of benzene rings is 2. The molecule has 0 bridgehead atoms. The Morgan fingerprint density at radius 3 is 2.53 bits per heavy atom. The summed E-state index contributed by atoms with van der Waals surface area (Å²) in [6, 6.07) is 16.7. The van der Waals surface area contributed by atoms with E-state index in [0.29, 0.717) is 11.9 Å². The Kier molecular flexibility index (Phi) is 6.79. The Labute approximate surface area is 207 Å². The Bertz CT molecular complexity index is 1150. The number of piperazine rings is 1. The summed E-state index contributed by atoms with van der Waals surface area (Å²) in [4.78, 5) is 25.1. The standard InChI is InChI=1S/C27H34ClN5O/c1-20(2)33-25-12-6-4-10-23(25)29-26(33)19-30-13-7-8-21(18-30)27(34)32-16-14-31(15-17-32)24-11-5-3-9-22(24)28/h3-6,9-12,20-21H,7-8,13-19H2,1-2H3/t21-/m1/s1. The van der Waals surface area contributed by atoms with Gasteiger partial charge in [-0.1, -0.05) is 35.9 Å². The molecule has 3 heterocycles. The second-order valence-electron chi connectivity index (χ2n) is 9.82. The van der Waals surface area contributed by atoms with E-state index in [1.165, 1.54) is 5.52 Å². The van der Waals surface area contributed by atoms with Gasteiger partial charge in [0.25, 0.3) is 0 Å². The Morgan fingerprint density at radius 2 is 1.76 bits per heavy atom. The number of rotatable bonds is 5. The zero-order chi connectivity index (χ0) is 23.7. The molecule has 2 aliphatic heterocycles. The SMILES string of the molecule is CC(C)n1c(CN2CCC[C@@H](C(=O)N3CCN(c4ccccc4Cl)CC3)C2)nc2ccccc21. The van der Waals surface area contributed by atoms with Gasteiger partial charge in [0.2, 0.25) is 5.91 Å². The van der Waals surface area contributed by atoms with Gasteiger partial charge in [-0.25, -0.2) is 4.98 Å². The number of anilines is 1. The van der Waals surface area contributed by atoms with Crippen LogP contribution in [0.25, 0.3) is 11.0 Å². The van der Waals surface area contributed by atoms with Crippen molar-refractivity contribution < 1.29 is 4.79 Å². The molecule has 0 saturated carbocycles. The lowest BCUT2D eigenvalue weighted by Gasteiger charge is -2.40. The van der Waals surface area contributed by atoms with Gasteiger partial charge in [-0.3, -0.25) is 9.69 Å². The molecule has 7 heteroatoms. The number of fused-ring (bicyclic) bond motifs is 1. The van der Waals surface area contributed by atoms with Crippen molar-refractivity contribution >= 4 is 34.2 Å². The Morgan fingerprint density at radius 1 is 1.03 bits per heavy atom. The maximum atomic E-state index is 13.4. The highest BCUT2D eigenvalue weighted by atomic mass is 35.5. The molecule has 3 aromatic rings. The minimum absolute atomic E-state index is 0.0671. The van der Waals surface area contributed by atoms with Crippen LogP contribution in [0.1, 0.15) is 38.6 Å². The molecule has 0 N–H and O–H groups in total. The lowest BCUT2D eigenvalue weighted by molar-refractivity contribution is -0.137. The van der Waals surface area contributed by atoms with E-state index in [1.807, 2.05) is 24.3 Å². The number of carbonyl (C=O) groups is 1. The summed E-state index contributed by atoms with van der Waals surface area (Å²) in [7, 11) is 0. The van der Waals surface area contributed by atoms with E-state index in [1.54, 1.807) is 0 Å². The summed E-state index contributed by atoms with van der Waals surface area (Å²) in [5.41, 5.74) is 3.30. The summed E-state index contributed by atoms with van der Waals surface area (Å²) in [6.07, 6.45) is 2.03. The third-order valence-electron chi connectivity index (χ3n) is 7.19. The van der Waals surface area contributed by atoms with Crippen LogP contribution in [-0.4, -0.2) is 64.5 Å². The molecule has 5 rings (SSSR count). The lowest BCUT2D eigenvalue weighted by atomic mass is 9.96. The largest absolute Gasteiger partial charge is 0.367 e. The van der Waals surface area contributed by atoms with E-state index in [-0.39, 0.29) is 5.92 Å². The van der Waals surface area contributed by atoms with E-state index in [9.17, 15) is 4.79 Å². The molecule has 0 unspecified atom stereocenters. The predicted octanol–water partition coefficient (Wildman–Crippen LogP) is 4.83. The van der Waals surface area contributed by atoms with Gasteiger partial charge in [0.15, 0.2) is 0 Å². The van der Waals surface area contributed by atoms with Gasteiger partial charge in [0, 0.05) is 38.8 Å². The molecular weight excluding hydrogens is 446 g/mol. The first kappa shape index (κ1) is 23.2. The first-order valence-corrected chi connectivity index (χ1v) is 12.9. The van der Waals surface area contributed by atoms with Gasteiger partial charge in [0.05, 0.1) is 34.2 Å². The molecule has 1 aromatic heterocycles. The number of piperidine rings is 1. The molecular formula is C27H34ClN5O. The average Bonchev–Trinajstić information content (AvgIpc) is 3.22. The van der Waals surface area contributed by atoms with Crippen LogP contribution in [0.2, 0.25) is 5.02 Å². The van der Waals surface area contributed by atoms with Crippen molar-refractivity contribution in [2.24, 2.45) is 5.92 Å². The van der Waals surface area contributed by atoms with Crippen LogP contribution in [0.5, 0.6) is 0 Å². The zero-order valence-corrected chi connectivity index (χ0v) is 20.9. The molecule has 2 aromatic carbocycles. The summed E-state index contributed by atoms with van der Waals surface area (Å²) in [5, 5.41) is 0.776. The molecule has 2 fully saturated rings. The number of carbonyl (C=O) groups excluding carboxylic acids is 1. The molecule has 0 radical (unpaired) electrons. The monoisotopic (exact) mass is 479 g/mol. The van der Waals surface area contributed by atoms with Crippen LogP contribution < -0.4 is 4.90 Å². The maximum absolute atomic E-state index is 13.4. The number of halogens is 1. The molecule has 0 aliphatic carbocycles. The van der Waals surface area contributed by atoms with E-state index >= 15 is 0 Å². The van der Waals surface area contributed by atoms with Crippen LogP contribution in [0.3, 0.4) is 0 Å². The average molecular weight is 480 g/mol. The topological polar surface area (TPSA) is 44.6 Å². The maximum Gasteiger partial charge on any atom is 0.227 e. The minimum Gasteiger partial charge on any atom is -0.367 e. The van der Waals surface area contributed by atoms with Crippen molar-refractivity contribution in [3.63, 3.8) is 0 Å². The molecule has 1 amide bonds. The van der Waals surface area contributed by atoms with Crippen LogP contribution in [0, 0.1) is 5.92 Å². The number of amides is 1. The first-order valence-electron chi connectivity index (χ1n) is 12.5. The summed E-state index contributed by atoms with van der Waals surface area (Å²) < 4.78 is 2.34. The lowest BCUT2D eigenvalue weighted by Crippen LogP contribution is -2.52. The summed E-state index contributed by atoms with van der Waals surface area (Å²) in [5.74, 6) is 1.47. The van der Waals surface area contributed by atoms with Gasteiger partial charge in [0.1, 0.15) is 5.82 Å². The minimum atomic E-state index is 0.0671. The van der Waals surface area contributed by atoms with Gasteiger partial charge >= 0.3 is 0 Å². The van der Waals surface area contributed by atoms with Crippen molar-refractivity contribution in [3.8, 4) is 0 Å². The Balaban J connectivity index is 1.22. The molecule has 2 saturated heterocycles. The van der Waals surface area contributed by atoms with E-state index in [4.69, 9.17) is 16.6 Å². The molecule has 6 nitrogen and oxygen atoms in total. The number of hydrogen-bond donors (Lipinski definition) is 0. The second-order valence-corrected chi connectivity index (χ2v) is 10.2. The van der Waals surface area contributed by atoms with Gasteiger partial charge in [-0.2, -0.15) is 0 Å². The highest BCUT2D eigenvalue weighted by molar-refractivity contribution is 6.33. The normalized spacial score (nSPS) is 19.8. The first-order chi connectivity index (χ1) is 16.5. The second kappa shape index (κ2) is 9.96. The number of aromatic nitrogens is 2. The van der Waals surface area contributed by atoms with Crippen LogP contribution in [-0.2, 0) is 11.3 Å². The molecule has 34 heavy (non-hydrogen) atoms. The third kappa shape index (κ3) is 4.66. The number of hydrogen-bond acceptors (Lipinski definition) is 4. The fourth-order valence-electron chi connectivity index (χ4n) is 5.52. The summed E-state index contributed by atoms with van der Waals surface area (Å²) >= 11 is 6.38. The highest BCUT2D eigenvalue weighted by Gasteiger charge is 2.32. The quantitative estimate of drug-likeness (QED) is 0.525. The molecule has 180 valence electrons. The van der Waals surface area contributed by atoms with E-state index < -0.39 is 0 Å². The molecule has 0 spiro atoms. The van der Waals surface area contributed by atoms with Crippen molar-refractivity contribution in [2.45, 2.75) is 39.3 Å². The van der Waals surface area contributed by atoms with Gasteiger partial charge < -0.3 is 14.4 Å². The van der Waals surface area contributed by atoms with Crippen molar-refractivity contribution in [3.05, 3.63) is 59.4 Å². The van der Waals surface area contributed by atoms with Crippen LogP contribution >= 0.6 is 11.6 Å². The summed E-state index contributed by atoms with van der Waals surface area (Å²) in [6.45, 7) is 10.2. The van der Waals surface area contributed by atoms with Crippen molar-refractivity contribution in [2.75, 3.05) is 44.2 Å². The van der Waals surface area contributed by atoms with Crippen molar-refractivity contribution in [1.29, 1.82) is 0 Å². The van der Waals surface area contributed by atoms with E-state index in [2.05, 4.69) is 57.4 Å². The number of para-hydroxylation sites is 3. The Hall–Kier alpha value is -2.57. The van der Waals surface area contributed by atoms with Crippen LogP contribution in [0.4, 0.5) is 5.69 Å². The van der Waals surface area contributed by atoms with Gasteiger partial charge in [-0.15, -0.1) is 0 Å². The highest BCUT2D eigenvalue weighted by Crippen LogP contribution is 2.28. The number of nitrogens with zero attached hydrogens (tertiary/aromatic N) is 5. The zero-order valence-electron chi connectivity index (χ0n) is 20.2. The molecule has 2 aliphatic rings. The fourth-order valence-corrected chi connectivity index (χ4v) is 5.77. The fraction of sp³-hybridized carbons (Fsp3) is 0.481. The van der Waals surface area contributed by atoms with Gasteiger partial charge in [-0.05, 0) is 57.5 Å². The van der Waals surface area contributed by atoms with Crippen LogP contribution in [0.15, 0.2) is 48.5 Å². The number of likely N-dealkylation sites (tertiary alicyclic amines) is 1. The van der Waals surface area contributed by atoms with Crippen molar-refractivity contribution in [1.82, 2.24) is 19.4 Å².